The molecule has 0 saturated heterocycles. The largest absolute Gasteiger partial charge is 0.339 e. The van der Waals surface area contributed by atoms with E-state index < -0.39 is 0 Å². The van der Waals surface area contributed by atoms with E-state index in [4.69, 9.17) is 11.6 Å². The third kappa shape index (κ3) is 5.83. The summed E-state index contributed by atoms with van der Waals surface area (Å²) in [5.74, 6) is -0.250. The molecule has 33 heavy (non-hydrogen) atoms. The minimum absolute atomic E-state index is 0.0453. The van der Waals surface area contributed by atoms with Gasteiger partial charge in [-0.3, -0.25) is 19.0 Å². The lowest BCUT2D eigenvalue weighted by molar-refractivity contribution is -0.113. The fraction of sp³-hybridized carbons (Fsp3) is 0.250. The normalized spacial score (nSPS) is 10.8. The average Bonchev–Trinajstić information content (AvgIpc) is 2.81. The molecule has 0 saturated carbocycles. The van der Waals surface area contributed by atoms with Crippen molar-refractivity contribution in [2.24, 2.45) is 0 Å². The molecule has 1 N–H and O–H groups in total. The van der Waals surface area contributed by atoms with Crippen LogP contribution in [0, 0.1) is 0 Å². The molecule has 0 bridgehead atoms. The third-order valence-corrected chi connectivity index (χ3v) is 6.20. The Hall–Kier alpha value is -3.10. The first-order valence-corrected chi connectivity index (χ1v) is 11.9. The summed E-state index contributed by atoms with van der Waals surface area (Å²) in [5, 5.41) is 4.15. The topological polar surface area (TPSA) is 84.3 Å². The Morgan fingerprint density at radius 3 is 2.52 bits per heavy atom. The average molecular weight is 485 g/mol. The van der Waals surface area contributed by atoms with E-state index in [0.717, 1.165) is 11.8 Å². The molecule has 1 heterocycles. The van der Waals surface area contributed by atoms with Gasteiger partial charge in [0.2, 0.25) is 5.91 Å². The van der Waals surface area contributed by atoms with E-state index in [2.05, 4.69) is 16.9 Å². The number of carbonyl (C=O) groups excluding carboxylic acids is 2. The monoisotopic (exact) mass is 484 g/mol. The third-order valence-electron chi connectivity index (χ3n) is 4.99. The predicted octanol–water partition coefficient (Wildman–Crippen LogP) is 4.45. The van der Waals surface area contributed by atoms with Crippen molar-refractivity contribution < 1.29 is 9.59 Å². The first-order valence-electron chi connectivity index (χ1n) is 10.5. The second-order valence-electron chi connectivity index (χ2n) is 7.15. The van der Waals surface area contributed by atoms with E-state index in [9.17, 15) is 14.4 Å². The summed E-state index contributed by atoms with van der Waals surface area (Å²) in [4.78, 5) is 44.0. The molecule has 0 spiro atoms. The Bertz CT molecular complexity index is 1240. The van der Waals surface area contributed by atoms with E-state index in [-0.39, 0.29) is 29.7 Å². The van der Waals surface area contributed by atoms with Crippen molar-refractivity contribution >= 4 is 51.8 Å². The van der Waals surface area contributed by atoms with Gasteiger partial charge in [0, 0.05) is 35.9 Å². The number of hydrogen-bond acceptors (Lipinski definition) is 5. The van der Waals surface area contributed by atoms with Gasteiger partial charge in [0.1, 0.15) is 0 Å². The van der Waals surface area contributed by atoms with Gasteiger partial charge in [0.05, 0.1) is 16.7 Å². The maximum atomic E-state index is 12.9. The van der Waals surface area contributed by atoms with Crippen LogP contribution in [0.3, 0.4) is 0 Å². The summed E-state index contributed by atoms with van der Waals surface area (Å²) in [6, 6.07) is 11.7. The van der Waals surface area contributed by atoms with Crippen LogP contribution in [0.15, 0.2) is 65.1 Å². The first-order chi connectivity index (χ1) is 15.9. The number of benzene rings is 2. The molecule has 2 amide bonds. The molecule has 0 aliphatic rings. The van der Waals surface area contributed by atoms with Crippen LogP contribution in [0.25, 0.3) is 10.9 Å². The summed E-state index contributed by atoms with van der Waals surface area (Å²) in [5.41, 5.74) is 1.41. The summed E-state index contributed by atoms with van der Waals surface area (Å²) in [6.45, 7) is 9.11. The van der Waals surface area contributed by atoms with Gasteiger partial charge in [-0.1, -0.05) is 29.4 Å². The molecule has 1 aromatic heterocycles. The van der Waals surface area contributed by atoms with Crippen LogP contribution in [0.1, 0.15) is 24.2 Å². The molecule has 172 valence electrons. The number of carbonyl (C=O) groups is 2. The van der Waals surface area contributed by atoms with Gasteiger partial charge in [0.15, 0.2) is 5.16 Å². The lowest BCUT2D eigenvalue weighted by atomic mass is 10.2. The van der Waals surface area contributed by atoms with Crippen LogP contribution in [0.5, 0.6) is 0 Å². The van der Waals surface area contributed by atoms with Gasteiger partial charge < -0.3 is 10.2 Å². The van der Waals surface area contributed by atoms with Crippen molar-refractivity contribution in [1.29, 1.82) is 0 Å². The van der Waals surface area contributed by atoms with Crippen LogP contribution >= 0.6 is 23.4 Å². The van der Waals surface area contributed by atoms with Gasteiger partial charge in [-0.05, 0) is 56.3 Å². The van der Waals surface area contributed by atoms with Crippen LogP contribution in [0.4, 0.5) is 5.69 Å². The minimum Gasteiger partial charge on any atom is -0.339 e. The zero-order chi connectivity index (χ0) is 24.0. The Morgan fingerprint density at radius 1 is 1.18 bits per heavy atom. The fourth-order valence-electron chi connectivity index (χ4n) is 3.29. The van der Waals surface area contributed by atoms with Crippen LogP contribution in [-0.4, -0.2) is 45.1 Å². The molecular formula is C24H25ClN4O3S. The highest BCUT2D eigenvalue weighted by atomic mass is 35.5. The Balaban J connectivity index is 1.72. The second kappa shape index (κ2) is 11.2. The molecule has 3 rings (SSSR count). The van der Waals surface area contributed by atoms with E-state index in [1.54, 1.807) is 53.4 Å². The van der Waals surface area contributed by atoms with Crippen molar-refractivity contribution in [2.75, 3.05) is 24.2 Å². The van der Waals surface area contributed by atoms with Crippen molar-refractivity contribution in [2.45, 2.75) is 25.5 Å². The Labute approximate surface area is 201 Å². The van der Waals surface area contributed by atoms with Gasteiger partial charge in [0.25, 0.3) is 11.5 Å². The minimum atomic E-state index is -0.256. The molecule has 3 aromatic rings. The molecule has 0 unspecified atom stereocenters. The highest BCUT2D eigenvalue weighted by Gasteiger charge is 2.15. The van der Waals surface area contributed by atoms with E-state index in [1.165, 1.54) is 4.57 Å². The van der Waals surface area contributed by atoms with Crippen LogP contribution in [0.2, 0.25) is 5.02 Å². The number of nitrogens with one attached hydrogen (secondary N) is 1. The highest BCUT2D eigenvalue weighted by molar-refractivity contribution is 7.99. The number of aromatic nitrogens is 2. The van der Waals surface area contributed by atoms with Gasteiger partial charge in [-0.15, -0.1) is 6.58 Å². The van der Waals surface area contributed by atoms with Gasteiger partial charge >= 0.3 is 0 Å². The molecule has 0 aliphatic carbocycles. The van der Waals surface area contributed by atoms with Crippen molar-refractivity contribution in [3.63, 3.8) is 0 Å². The molecule has 0 atom stereocenters. The van der Waals surface area contributed by atoms with E-state index >= 15 is 0 Å². The molecule has 2 aromatic carbocycles. The molecule has 9 heteroatoms. The molecule has 7 nitrogen and oxygen atoms in total. The number of amides is 2. The molecular weight excluding hydrogens is 460 g/mol. The van der Waals surface area contributed by atoms with Crippen LogP contribution < -0.4 is 10.9 Å². The number of fused-ring (bicyclic) bond motifs is 1. The Morgan fingerprint density at radius 2 is 1.88 bits per heavy atom. The lowest BCUT2D eigenvalue weighted by Crippen LogP contribution is -2.30. The lowest BCUT2D eigenvalue weighted by Gasteiger charge is -2.18. The van der Waals surface area contributed by atoms with Crippen molar-refractivity contribution in [3.8, 4) is 0 Å². The SMILES string of the molecule is C=CCn1c(SCC(=O)Nc2ccc(C(=O)N(CC)CC)cc2)nc2cc(Cl)ccc2c1=O. The quantitative estimate of drug-likeness (QED) is 0.275. The summed E-state index contributed by atoms with van der Waals surface area (Å²) >= 11 is 7.20. The summed E-state index contributed by atoms with van der Waals surface area (Å²) in [7, 11) is 0. The van der Waals surface area contributed by atoms with Crippen molar-refractivity contribution in [3.05, 3.63) is 76.1 Å². The number of rotatable bonds is 9. The maximum absolute atomic E-state index is 12.9. The summed E-state index contributed by atoms with van der Waals surface area (Å²) < 4.78 is 1.48. The van der Waals surface area contributed by atoms with Crippen LogP contribution in [-0.2, 0) is 11.3 Å². The second-order valence-corrected chi connectivity index (χ2v) is 8.53. The number of hydrogen-bond donors (Lipinski definition) is 1. The summed E-state index contributed by atoms with van der Waals surface area (Å²) in [6.07, 6.45) is 1.61. The molecule has 0 radical (unpaired) electrons. The zero-order valence-electron chi connectivity index (χ0n) is 18.5. The number of halogens is 1. The van der Waals surface area contributed by atoms with Crippen molar-refractivity contribution in [1.82, 2.24) is 14.5 Å². The number of anilines is 1. The Kier molecular flexibility index (Phi) is 8.30. The predicted molar refractivity (Wildman–Crippen MR) is 134 cm³/mol. The number of thioether (sulfide) groups is 1. The van der Waals surface area contributed by atoms with Gasteiger partial charge in [-0.25, -0.2) is 4.98 Å². The van der Waals surface area contributed by atoms with E-state index in [0.29, 0.717) is 45.4 Å². The number of nitrogens with zero attached hydrogens (tertiary/aromatic N) is 3. The molecule has 0 aliphatic heterocycles. The smallest absolute Gasteiger partial charge is 0.262 e. The standard InChI is InChI=1S/C24H25ClN4O3S/c1-4-13-29-23(32)19-12-9-17(25)14-20(19)27-24(29)33-15-21(30)26-18-10-7-16(8-11-18)22(31)28(5-2)6-3/h4,7-12,14H,1,5-6,13,15H2,2-3H3,(H,26,30). The first kappa shape index (κ1) is 24.5. The van der Waals surface area contributed by atoms with Gasteiger partial charge in [-0.2, -0.15) is 0 Å². The maximum Gasteiger partial charge on any atom is 0.262 e. The highest BCUT2D eigenvalue weighted by Crippen LogP contribution is 2.21. The fourth-order valence-corrected chi connectivity index (χ4v) is 4.27. The van der Waals surface area contributed by atoms with E-state index in [1.807, 2.05) is 13.8 Å². The zero-order valence-corrected chi connectivity index (χ0v) is 20.1. The number of allylic oxidation sites excluding steroid dienone is 1. The molecule has 0 fully saturated rings.